The van der Waals surface area contributed by atoms with Crippen molar-refractivity contribution >= 4 is 15.9 Å². The molecule has 14 heavy (non-hydrogen) atoms. The first kappa shape index (κ1) is 9.73. The van der Waals surface area contributed by atoms with E-state index in [4.69, 9.17) is 0 Å². The van der Waals surface area contributed by atoms with Crippen molar-refractivity contribution in [3.63, 3.8) is 0 Å². The Morgan fingerprint density at radius 1 is 1.64 bits per heavy atom. The number of aryl methyl sites for hydroxylation is 1. The van der Waals surface area contributed by atoms with Crippen LogP contribution in [0, 0.1) is 0 Å². The van der Waals surface area contributed by atoms with E-state index in [1.165, 1.54) is 0 Å². The van der Waals surface area contributed by atoms with E-state index in [9.17, 15) is 0 Å². The molecule has 0 radical (unpaired) electrons. The molecule has 4 nitrogen and oxygen atoms in total. The fourth-order valence-corrected chi connectivity index (χ4v) is 1.96. The van der Waals surface area contributed by atoms with Crippen LogP contribution in [0.15, 0.2) is 22.9 Å². The zero-order chi connectivity index (χ0) is 9.97. The first-order valence-electron chi connectivity index (χ1n) is 4.55. The first-order chi connectivity index (χ1) is 6.75. The smallest absolute Gasteiger partial charge is 0.0959 e. The van der Waals surface area contributed by atoms with Crippen LogP contribution >= 0.6 is 15.9 Å². The van der Waals surface area contributed by atoms with E-state index in [1.807, 2.05) is 17.9 Å². The highest BCUT2D eigenvalue weighted by Gasteiger charge is 2.09. The molecule has 0 bridgehead atoms. The van der Waals surface area contributed by atoms with Crippen LogP contribution in [0.2, 0.25) is 0 Å². The van der Waals surface area contributed by atoms with Crippen LogP contribution < -0.4 is 5.32 Å². The van der Waals surface area contributed by atoms with Crippen LogP contribution in [0.5, 0.6) is 0 Å². The third-order valence-electron chi connectivity index (χ3n) is 2.10. The van der Waals surface area contributed by atoms with Crippen molar-refractivity contribution in [1.29, 1.82) is 0 Å². The summed E-state index contributed by atoms with van der Waals surface area (Å²) in [6.45, 7) is 2.68. The number of nitrogens with zero attached hydrogens (tertiary/aromatic N) is 3. The molecule has 1 aliphatic heterocycles. The molecule has 0 aliphatic carbocycles. The van der Waals surface area contributed by atoms with Gasteiger partial charge in [0.25, 0.3) is 0 Å². The van der Waals surface area contributed by atoms with Crippen LogP contribution in [0.1, 0.15) is 5.69 Å². The second-order valence-corrected chi connectivity index (χ2v) is 4.20. The average Bonchev–Trinajstić information content (AvgIpc) is 2.47. The topological polar surface area (TPSA) is 33.1 Å². The van der Waals surface area contributed by atoms with E-state index in [2.05, 4.69) is 43.5 Å². The van der Waals surface area contributed by atoms with Crippen LogP contribution in [0.3, 0.4) is 0 Å². The molecule has 0 saturated carbocycles. The number of nitrogens with one attached hydrogen (secondary N) is 1. The predicted molar refractivity (Wildman–Crippen MR) is 58.5 cm³/mol. The van der Waals surface area contributed by atoms with Gasteiger partial charge >= 0.3 is 0 Å². The third kappa shape index (κ3) is 2.16. The molecule has 0 saturated heterocycles. The highest BCUT2D eigenvalue weighted by Crippen LogP contribution is 2.16. The van der Waals surface area contributed by atoms with Gasteiger partial charge in [0, 0.05) is 19.8 Å². The van der Waals surface area contributed by atoms with Gasteiger partial charge in [-0.15, -0.1) is 0 Å². The standard InChI is InChI=1S/C9H13BrN4/c1-13-5-8(10)9(12-13)6-14-4-2-3-11-7-14/h2,4-5,11H,3,6-7H2,1H3. The Bertz CT molecular complexity index is 345. The van der Waals surface area contributed by atoms with Gasteiger partial charge in [0.15, 0.2) is 0 Å². The van der Waals surface area contributed by atoms with Crippen molar-refractivity contribution in [1.82, 2.24) is 20.0 Å². The second-order valence-electron chi connectivity index (χ2n) is 3.34. The number of hydrogen-bond acceptors (Lipinski definition) is 3. The zero-order valence-electron chi connectivity index (χ0n) is 8.07. The van der Waals surface area contributed by atoms with Crippen molar-refractivity contribution in [2.75, 3.05) is 13.2 Å². The molecular formula is C9H13BrN4. The lowest BCUT2D eigenvalue weighted by Crippen LogP contribution is -2.33. The van der Waals surface area contributed by atoms with Gasteiger partial charge in [-0.2, -0.15) is 5.10 Å². The lowest BCUT2D eigenvalue weighted by molar-refractivity contribution is 0.323. The Morgan fingerprint density at radius 2 is 2.50 bits per heavy atom. The summed E-state index contributed by atoms with van der Waals surface area (Å²) in [6.07, 6.45) is 6.19. The second kappa shape index (κ2) is 4.14. The van der Waals surface area contributed by atoms with Crippen molar-refractivity contribution in [3.05, 3.63) is 28.6 Å². The summed E-state index contributed by atoms with van der Waals surface area (Å²) in [7, 11) is 1.93. The lowest BCUT2D eigenvalue weighted by Gasteiger charge is -2.23. The van der Waals surface area contributed by atoms with Crippen molar-refractivity contribution in [2.24, 2.45) is 7.05 Å². The molecule has 0 spiro atoms. The molecule has 2 heterocycles. The maximum atomic E-state index is 4.37. The maximum Gasteiger partial charge on any atom is 0.0959 e. The molecule has 1 aliphatic rings. The summed E-state index contributed by atoms with van der Waals surface area (Å²) in [5.41, 5.74) is 1.07. The molecular weight excluding hydrogens is 244 g/mol. The molecule has 1 aromatic rings. The van der Waals surface area contributed by atoms with Crippen molar-refractivity contribution in [2.45, 2.75) is 6.54 Å². The SMILES string of the molecule is Cn1cc(Br)c(CN2C=CCNC2)n1. The zero-order valence-corrected chi connectivity index (χ0v) is 9.66. The molecule has 0 unspecified atom stereocenters. The van der Waals surface area contributed by atoms with Crippen molar-refractivity contribution < 1.29 is 0 Å². The minimum atomic E-state index is 0.838. The quantitative estimate of drug-likeness (QED) is 0.860. The molecule has 1 N–H and O–H groups in total. The summed E-state index contributed by atoms with van der Waals surface area (Å²) in [5, 5.41) is 7.64. The monoisotopic (exact) mass is 256 g/mol. The number of rotatable bonds is 2. The Hall–Kier alpha value is -0.810. The van der Waals surface area contributed by atoms with E-state index in [-0.39, 0.29) is 0 Å². The third-order valence-corrected chi connectivity index (χ3v) is 2.76. The summed E-state index contributed by atoms with van der Waals surface area (Å²) < 4.78 is 2.89. The van der Waals surface area contributed by atoms with Crippen LogP contribution in [0.25, 0.3) is 0 Å². The Labute approximate surface area is 91.7 Å². The van der Waals surface area contributed by atoms with Gasteiger partial charge in [0.05, 0.1) is 23.4 Å². The Kier molecular flexibility index (Phi) is 2.88. The van der Waals surface area contributed by atoms with Gasteiger partial charge in [0.1, 0.15) is 0 Å². The van der Waals surface area contributed by atoms with E-state index in [0.717, 1.165) is 29.9 Å². The average molecular weight is 257 g/mol. The fraction of sp³-hybridized carbons (Fsp3) is 0.444. The van der Waals surface area contributed by atoms with Gasteiger partial charge in [0.2, 0.25) is 0 Å². The van der Waals surface area contributed by atoms with E-state index < -0.39 is 0 Å². The lowest BCUT2D eigenvalue weighted by atomic mass is 10.4. The highest BCUT2D eigenvalue weighted by molar-refractivity contribution is 9.10. The van der Waals surface area contributed by atoms with E-state index in [1.54, 1.807) is 0 Å². The minimum Gasteiger partial charge on any atom is -0.359 e. The first-order valence-corrected chi connectivity index (χ1v) is 5.34. The highest BCUT2D eigenvalue weighted by atomic mass is 79.9. The number of hydrogen-bond donors (Lipinski definition) is 1. The van der Waals surface area contributed by atoms with Gasteiger partial charge in [-0.05, 0) is 22.1 Å². The number of halogens is 1. The van der Waals surface area contributed by atoms with Crippen LogP contribution in [-0.4, -0.2) is 27.9 Å². The van der Waals surface area contributed by atoms with Crippen LogP contribution in [-0.2, 0) is 13.6 Å². The molecule has 0 amide bonds. The molecule has 0 fully saturated rings. The molecule has 0 atom stereocenters. The van der Waals surface area contributed by atoms with Crippen LogP contribution in [0.4, 0.5) is 0 Å². The van der Waals surface area contributed by atoms with E-state index in [0.29, 0.717) is 0 Å². The molecule has 5 heteroatoms. The minimum absolute atomic E-state index is 0.838. The number of aromatic nitrogens is 2. The summed E-state index contributed by atoms with van der Waals surface area (Å²) in [4.78, 5) is 2.19. The largest absolute Gasteiger partial charge is 0.359 e. The summed E-state index contributed by atoms with van der Waals surface area (Å²) >= 11 is 3.49. The molecule has 2 rings (SSSR count). The maximum absolute atomic E-state index is 4.37. The fourth-order valence-electron chi connectivity index (χ4n) is 1.46. The van der Waals surface area contributed by atoms with E-state index >= 15 is 0 Å². The molecule has 76 valence electrons. The molecule has 1 aromatic heterocycles. The summed E-state index contributed by atoms with van der Waals surface area (Å²) in [6, 6.07) is 0. The predicted octanol–water partition coefficient (Wildman–Crippen LogP) is 1.06. The summed E-state index contributed by atoms with van der Waals surface area (Å²) in [5.74, 6) is 0. The molecule has 0 aromatic carbocycles. The van der Waals surface area contributed by atoms with Gasteiger partial charge in [-0.3, -0.25) is 10.00 Å². The Morgan fingerprint density at radius 3 is 3.07 bits per heavy atom. The van der Waals surface area contributed by atoms with Gasteiger partial charge < -0.3 is 4.90 Å². The van der Waals surface area contributed by atoms with Crippen molar-refractivity contribution in [3.8, 4) is 0 Å². The van der Waals surface area contributed by atoms with Gasteiger partial charge in [-0.1, -0.05) is 6.08 Å². The Balaban J connectivity index is 2.06. The normalized spacial score (nSPS) is 16.3. The van der Waals surface area contributed by atoms with Gasteiger partial charge in [-0.25, -0.2) is 0 Å².